The standard InChI is InChI=1S/C17H12Cl2F3NO/c18-14-7-4-12(15(19)9-14)10-23-16(24)8-3-11-1-5-13(6-2-11)17(20,21)22/h1-9H,10H2,(H,23,24)/b8-3+. The molecule has 0 atom stereocenters. The first-order valence-electron chi connectivity index (χ1n) is 6.83. The largest absolute Gasteiger partial charge is 0.416 e. The van der Waals surface area contributed by atoms with Crippen LogP contribution in [0.3, 0.4) is 0 Å². The van der Waals surface area contributed by atoms with Crippen LogP contribution >= 0.6 is 23.2 Å². The van der Waals surface area contributed by atoms with E-state index in [1.54, 1.807) is 18.2 Å². The molecule has 0 aliphatic carbocycles. The fourth-order valence-corrected chi connectivity index (χ4v) is 2.34. The van der Waals surface area contributed by atoms with E-state index >= 15 is 0 Å². The van der Waals surface area contributed by atoms with Crippen LogP contribution in [0.4, 0.5) is 13.2 Å². The van der Waals surface area contributed by atoms with Crippen molar-refractivity contribution in [2.45, 2.75) is 12.7 Å². The van der Waals surface area contributed by atoms with Gasteiger partial charge in [0.25, 0.3) is 0 Å². The fraction of sp³-hybridized carbons (Fsp3) is 0.118. The summed E-state index contributed by atoms with van der Waals surface area (Å²) in [6.07, 6.45) is -1.71. The van der Waals surface area contributed by atoms with Crippen LogP contribution in [0.2, 0.25) is 10.0 Å². The third-order valence-corrected chi connectivity index (χ3v) is 3.72. The summed E-state index contributed by atoms with van der Waals surface area (Å²) < 4.78 is 37.4. The van der Waals surface area contributed by atoms with Crippen molar-refractivity contribution in [1.82, 2.24) is 5.32 Å². The summed E-state index contributed by atoms with van der Waals surface area (Å²) in [7, 11) is 0. The average Bonchev–Trinajstić information content (AvgIpc) is 2.51. The second kappa shape index (κ2) is 7.73. The smallest absolute Gasteiger partial charge is 0.348 e. The van der Waals surface area contributed by atoms with Gasteiger partial charge in [-0.05, 0) is 41.5 Å². The molecule has 0 radical (unpaired) electrons. The summed E-state index contributed by atoms with van der Waals surface area (Å²) in [4.78, 5) is 11.7. The monoisotopic (exact) mass is 373 g/mol. The highest BCUT2D eigenvalue weighted by Crippen LogP contribution is 2.29. The molecule has 2 nitrogen and oxygen atoms in total. The maximum Gasteiger partial charge on any atom is 0.416 e. The number of carbonyl (C=O) groups is 1. The Labute approximate surface area is 146 Å². The van der Waals surface area contributed by atoms with Gasteiger partial charge in [0.2, 0.25) is 5.91 Å². The summed E-state index contributed by atoms with van der Waals surface area (Å²) in [5, 5.41) is 3.57. The lowest BCUT2D eigenvalue weighted by Crippen LogP contribution is -2.20. The van der Waals surface area contributed by atoms with Gasteiger partial charge in [0, 0.05) is 22.7 Å². The fourth-order valence-electron chi connectivity index (χ4n) is 1.86. The van der Waals surface area contributed by atoms with Crippen molar-refractivity contribution in [2.75, 3.05) is 0 Å². The van der Waals surface area contributed by atoms with Gasteiger partial charge in [-0.1, -0.05) is 41.4 Å². The van der Waals surface area contributed by atoms with Gasteiger partial charge in [0.15, 0.2) is 0 Å². The molecule has 126 valence electrons. The van der Waals surface area contributed by atoms with Gasteiger partial charge in [0.1, 0.15) is 0 Å². The molecule has 2 rings (SSSR count). The van der Waals surface area contributed by atoms with Gasteiger partial charge in [-0.25, -0.2) is 0 Å². The Hall–Kier alpha value is -1.98. The lowest BCUT2D eigenvalue weighted by molar-refractivity contribution is -0.137. The van der Waals surface area contributed by atoms with Crippen LogP contribution in [0.1, 0.15) is 16.7 Å². The first-order chi connectivity index (χ1) is 11.3. The molecular formula is C17H12Cl2F3NO. The molecule has 2 aromatic carbocycles. The Morgan fingerprint density at radius 2 is 1.75 bits per heavy atom. The highest BCUT2D eigenvalue weighted by Gasteiger charge is 2.29. The van der Waals surface area contributed by atoms with Crippen LogP contribution in [-0.2, 0) is 17.5 Å². The first kappa shape index (κ1) is 18.4. The van der Waals surface area contributed by atoms with Crippen molar-refractivity contribution in [1.29, 1.82) is 0 Å². The molecule has 0 spiro atoms. The number of hydrogen-bond donors (Lipinski definition) is 1. The van der Waals surface area contributed by atoms with Crippen LogP contribution < -0.4 is 5.32 Å². The molecule has 1 N–H and O–H groups in total. The molecule has 7 heteroatoms. The highest BCUT2D eigenvalue weighted by molar-refractivity contribution is 6.35. The van der Waals surface area contributed by atoms with E-state index in [4.69, 9.17) is 23.2 Å². The Bertz CT molecular complexity index is 755. The van der Waals surface area contributed by atoms with E-state index in [1.807, 2.05) is 0 Å². The molecule has 0 heterocycles. The Morgan fingerprint density at radius 3 is 2.33 bits per heavy atom. The number of carbonyl (C=O) groups excluding carboxylic acids is 1. The van der Waals surface area contributed by atoms with Crippen LogP contribution in [0.15, 0.2) is 48.5 Å². The van der Waals surface area contributed by atoms with E-state index in [2.05, 4.69) is 5.32 Å². The molecule has 0 unspecified atom stereocenters. The number of amides is 1. The normalized spacial score (nSPS) is 11.7. The molecule has 0 fully saturated rings. The van der Waals surface area contributed by atoms with E-state index in [1.165, 1.54) is 24.3 Å². The molecule has 0 saturated heterocycles. The van der Waals surface area contributed by atoms with Crippen molar-refractivity contribution in [3.8, 4) is 0 Å². The van der Waals surface area contributed by atoms with E-state index in [9.17, 15) is 18.0 Å². The molecule has 0 saturated carbocycles. The van der Waals surface area contributed by atoms with Crippen molar-refractivity contribution < 1.29 is 18.0 Å². The summed E-state index contributed by atoms with van der Waals surface area (Å²) in [6.45, 7) is 0.214. The minimum atomic E-state index is -4.38. The van der Waals surface area contributed by atoms with Crippen molar-refractivity contribution in [2.24, 2.45) is 0 Å². The Balaban J connectivity index is 1.93. The Morgan fingerprint density at radius 1 is 1.08 bits per heavy atom. The Kier molecular flexibility index (Phi) is 5.91. The summed E-state index contributed by atoms with van der Waals surface area (Å²) in [5.74, 6) is -0.388. The molecule has 0 bridgehead atoms. The van der Waals surface area contributed by atoms with Crippen LogP contribution in [0.25, 0.3) is 6.08 Å². The molecule has 2 aromatic rings. The summed E-state index contributed by atoms with van der Waals surface area (Å²) in [5.41, 5.74) is 0.460. The second-order valence-corrected chi connectivity index (χ2v) is 5.75. The van der Waals surface area contributed by atoms with Crippen LogP contribution in [0.5, 0.6) is 0 Å². The molecule has 24 heavy (non-hydrogen) atoms. The maximum absolute atomic E-state index is 12.5. The predicted molar refractivity (Wildman–Crippen MR) is 88.8 cm³/mol. The SMILES string of the molecule is O=C(/C=C/c1ccc(C(F)(F)F)cc1)NCc1ccc(Cl)cc1Cl. The predicted octanol–water partition coefficient (Wildman–Crippen LogP) is 5.34. The van der Waals surface area contributed by atoms with E-state index in [0.717, 1.165) is 12.1 Å². The number of halogens is 5. The van der Waals surface area contributed by atoms with Crippen molar-refractivity contribution in [3.05, 3.63) is 75.3 Å². The zero-order valence-corrected chi connectivity index (χ0v) is 13.7. The van der Waals surface area contributed by atoms with Gasteiger partial charge in [-0.2, -0.15) is 13.2 Å². The number of hydrogen-bond acceptors (Lipinski definition) is 1. The van der Waals surface area contributed by atoms with E-state index < -0.39 is 11.7 Å². The molecule has 0 aliphatic rings. The van der Waals surface area contributed by atoms with Gasteiger partial charge < -0.3 is 5.32 Å². The molecular weight excluding hydrogens is 362 g/mol. The van der Waals surface area contributed by atoms with Gasteiger partial charge in [0.05, 0.1) is 5.56 Å². The van der Waals surface area contributed by atoms with E-state index in [0.29, 0.717) is 21.2 Å². The zero-order chi connectivity index (χ0) is 17.7. The van der Waals surface area contributed by atoms with Crippen molar-refractivity contribution >= 4 is 35.2 Å². The van der Waals surface area contributed by atoms with Gasteiger partial charge in [-0.3, -0.25) is 4.79 Å². The second-order valence-electron chi connectivity index (χ2n) is 4.91. The number of nitrogens with one attached hydrogen (secondary N) is 1. The zero-order valence-electron chi connectivity index (χ0n) is 12.2. The quantitative estimate of drug-likeness (QED) is 0.719. The summed E-state index contributed by atoms with van der Waals surface area (Å²) >= 11 is 11.8. The third-order valence-electron chi connectivity index (χ3n) is 3.13. The third kappa shape index (κ3) is 5.28. The maximum atomic E-state index is 12.5. The minimum Gasteiger partial charge on any atom is -0.348 e. The number of benzene rings is 2. The van der Waals surface area contributed by atoms with Gasteiger partial charge in [-0.15, -0.1) is 0 Å². The lowest BCUT2D eigenvalue weighted by Gasteiger charge is -2.06. The average molecular weight is 374 g/mol. The molecule has 1 amide bonds. The topological polar surface area (TPSA) is 29.1 Å². The van der Waals surface area contributed by atoms with Gasteiger partial charge >= 0.3 is 6.18 Å². The van der Waals surface area contributed by atoms with Crippen LogP contribution in [-0.4, -0.2) is 5.91 Å². The number of rotatable bonds is 4. The number of alkyl halides is 3. The van der Waals surface area contributed by atoms with E-state index in [-0.39, 0.29) is 12.5 Å². The van der Waals surface area contributed by atoms with Crippen molar-refractivity contribution in [3.63, 3.8) is 0 Å². The summed E-state index contributed by atoms with van der Waals surface area (Å²) in [6, 6.07) is 9.45. The molecule has 0 aliphatic heterocycles. The van der Waals surface area contributed by atoms with Crippen LogP contribution in [0, 0.1) is 0 Å². The lowest BCUT2D eigenvalue weighted by atomic mass is 10.1. The minimum absolute atomic E-state index is 0.214. The first-order valence-corrected chi connectivity index (χ1v) is 7.58. The molecule has 0 aromatic heterocycles. The highest BCUT2D eigenvalue weighted by atomic mass is 35.5.